The number of hydrogen-bond acceptors (Lipinski definition) is 3. The van der Waals surface area contributed by atoms with Crippen LogP contribution in [0.25, 0.3) is 0 Å². The Bertz CT molecular complexity index is 1030. The van der Waals surface area contributed by atoms with Gasteiger partial charge in [-0.15, -0.1) is 0 Å². The number of Topliss-reactive ketones (excluding diaryl/α,β-unsaturated/α-hetero) is 2. The number of carbonyl (C=O) groups is 2. The Hall–Kier alpha value is -2.75. The van der Waals surface area contributed by atoms with Crippen LogP contribution in [0.5, 0.6) is 0 Å². The summed E-state index contributed by atoms with van der Waals surface area (Å²) >= 11 is 11.9. The van der Waals surface area contributed by atoms with E-state index in [-0.39, 0.29) is 18.1 Å². The first-order chi connectivity index (χ1) is 14.0. The minimum Gasteiger partial charge on any atom is -0.299 e. The fourth-order valence-electron chi connectivity index (χ4n) is 2.85. The molecule has 5 heteroatoms. The lowest BCUT2D eigenvalue weighted by Gasteiger charge is -2.04. The first-order valence-electron chi connectivity index (χ1n) is 9.14. The van der Waals surface area contributed by atoms with Crippen LogP contribution in [-0.4, -0.2) is 24.3 Å². The van der Waals surface area contributed by atoms with Gasteiger partial charge >= 0.3 is 0 Å². The molecule has 0 aromatic heterocycles. The van der Waals surface area contributed by atoms with Gasteiger partial charge in [0.2, 0.25) is 0 Å². The number of aliphatic imine (C=N–C) groups is 1. The van der Waals surface area contributed by atoms with E-state index < -0.39 is 0 Å². The maximum atomic E-state index is 12.3. The van der Waals surface area contributed by atoms with Crippen LogP contribution in [0.2, 0.25) is 10.0 Å². The minimum absolute atomic E-state index is 0.0191. The zero-order chi connectivity index (χ0) is 20.6. The Labute approximate surface area is 180 Å². The Morgan fingerprint density at radius 2 is 1.48 bits per heavy atom. The Morgan fingerprint density at radius 3 is 2.14 bits per heavy atom. The number of rotatable bonds is 8. The minimum atomic E-state index is -0.103. The molecule has 0 atom stereocenters. The summed E-state index contributed by atoms with van der Waals surface area (Å²) in [5.74, 6) is 0.0354. The second-order valence-corrected chi connectivity index (χ2v) is 7.48. The van der Waals surface area contributed by atoms with Crippen molar-refractivity contribution in [1.29, 1.82) is 0 Å². The highest BCUT2D eigenvalue weighted by Crippen LogP contribution is 2.19. The van der Waals surface area contributed by atoms with Crippen molar-refractivity contribution >= 4 is 41.0 Å². The molecule has 29 heavy (non-hydrogen) atoms. The van der Waals surface area contributed by atoms with Crippen molar-refractivity contribution in [3.8, 4) is 0 Å². The first-order valence-corrected chi connectivity index (χ1v) is 9.89. The fraction of sp³-hybridized carbons (Fsp3) is 0.125. The third-order valence-corrected chi connectivity index (χ3v) is 4.91. The highest BCUT2D eigenvalue weighted by Gasteiger charge is 2.08. The molecule has 0 saturated heterocycles. The summed E-state index contributed by atoms with van der Waals surface area (Å²) < 4.78 is 0. The number of benzene rings is 3. The number of halogens is 2. The monoisotopic (exact) mass is 423 g/mol. The van der Waals surface area contributed by atoms with Gasteiger partial charge in [-0.25, -0.2) is 0 Å². The maximum absolute atomic E-state index is 12.3. The van der Waals surface area contributed by atoms with E-state index in [1.807, 2.05) is 42.5 Å². The zero-order valence-corrected chi connectivity index (χ0v) is 17.2. The SMILES string of the molecule is O=C(Cc1ccccc1)Cc1ccc(C(=O)CN=Cc2ccc(Cl)cc2Cl)cc1. The molecule has 0 radical (unpaired) electrons. The second kappa shape index (κ2) is 10.1. The lowest BCUT2D eigenvalue weighted by molar-refractivity contribution is -0.117. The summed E-state index contributed by atoms with van der Waals surface area (Å²) in [5.41, 5.74) is 3.15. The lowest BCUT2D eigenvalue weighted by Crippen LogP contribution is -2.07. The normalized spacial score (nSPS) is 11.0. The molecular formula is C24H19Cl2NO2. The van der Waals surface area contributed by atoms with Crippen LogP contribution < -0.4 is 0 Å². The van der Waals surface area contributed by atoms with Crippen molar-refractivity contribution in [1.82, 2.24) is 0 Å². The largest absolute Gasteiger partial charge is 0.299 e. The van der Waals surface area contributed by atoms with Gasteiger partial charge in [-0.3, -0.25) is 14.6 Å². The van der Waals surface area contributed by atoms with Gasteiger partial charge in [0.1, 0.15) is 12.3 Å². The van der Waals surface area contributed by atoms with Gasteiger partial charge in [0.25, 0.3) is 0 Å². The van der Waals surface area contributed by atoms with Crippen LogP contribution in [0, 0.1) is 0 Å². The summed E-state index contributed by atoms with van der Waals surface area (Å²) in [4.78, 5) is 28.7. The number of carbonyl (C=O) groups excluding carboxylic acids is 2. The van der Waals surface area contributed by atoms with Gasteiger partial charge in [-0.2, -0.15) is 0 Å². The predicted molar refractivity (Wildman–Crippen MR) is 119 cm³/mol. The Morgan fingerprint density at radius 1 is 0.828 bits per heavy atom. The molecule has 3 nitrogen and oxygen atoms in total. The van der Waals surface area contributed by atoms with Crippen molar-refractivity contribution in [2.75, 3.05) is 6.54 Å². The van der Waals surface area contributed by atoms with Crippen molar-refractivity contribution in [2.45, 2.75) is 12.8 Å². The summed E-state index contributed by atoms with van der Waals surface area (Å²) in [6, 6.07) is 21.9. The molecule has 146 valence electrons. The Balaban J connectivity index is 1.54. The van der Waals surface area contributed by atoms with Gasteiger partial charge in [0.05, 0.1) is 5.02 Å². The third kappa shape index (κ3) is 6.38. The molecule has 0 aliphatic rings. The molecule has 0 aliphatic carbocycles. The van der Waals surface area contributed by atoms with E-state index in [2.05, 4.69) is 4.99 Å². The molecule has 0 heterocycles. The van der Waals surface area contributed by atoms with E-state index in [9.17, 15) is 9.59 Å². The summed E-state index contributed by atoms with van der Waals surface area (Å²) in [6.07, 6.45) is 2.31. The molecule has 0 bridgehead atoms. The van der Waals surface area contributed by atoms with Crippen LogP contribution in [-0.2, 0) is 17.6 Å². The molecule has 3 aromatic rings. The number of nitrogens with zero attached hydrogens (tertiary/aromatic N) is 1. The first kappa shape index (κ1) is 21.0. The smallest absolute Gasteiger partial charge is 0.184 e. The van der Waals surface area contributed by atoms with Crippen LogP contribution in [0.4, 0.5) is 0 Å². The van der Waals surface area contributed by atoms with E-state index in [0.717, 1.165) is 11.1 Å². The molecule has 3 rings (SSSR count). The quantitative estimate of drug-likeness (QED) is 0.347. The molecule has 3 aromatic carbocycles. The summed E-state index contributed by atoms with van der Waals surface area (Å²) in [6.45, 7) is 0.0191. The molecule has 0 amide bonds. The van der Waals surface area contributed by atoms with Gasteiger partial charge in [-0.1, -0.05) is 83.9 Å². The fourth-order valence-corrected chi connectivity index (χ4v) is 3.30. The molecule has 0 fully saturated rings. The molecular weight excluding hydrogens is 405 g/mol. The van der Waals surface area contributed by atoms with Crippen molar-refractivity contribution in [2.24, 2.45) is 4.99 Å². The van der Waals surface area contributed by atoms with Gasteiger partial charge < -0.3 is 0 Å². The van der Waals surface area contributed by atoms with E-state index in [0.29, 0.717) is 34.0 Å². The number of hydrogen-bond donors (Lipinski definition) is 0. The average molecular weight is 424 g/mol. The van der Waals surface area contributed by atoms with Crippen molar-refractivity contribution < 1.29 is 9.59 Å². The predicted octanol–water partition coefficient (Wildman–Crippen LogP) is 5.65. The van der Waals surface area contributed by atoms with E-state index >= 15 is 0 Å². The van der Waals surface area contributed by atoms with E-state index in [4.69, 9.17) is 23.2 Å². The standard InChI is InChI=1S/C24H19Cl2NO2/c25-21-11-10-20(23(26)14-21)15-27-16-24(29)19-8-6-18(7-9-19)13-22(28)12-17-4-2-1-3-5-17/h1-11,14-15H,12-13,16H2. The molecule has 0 saturated carbocycles. The highest BCUT2D eigenvalue weighted by atomic mass is 35.5. The molecule has 0 aliphatic heterocycles. The van der Waals surface area contributed by atoms with Crippen LogP contribution >= 0.6 is 23.2 Å². The third-order valence-electron chi connectivity index (χ3n) is 4.35. The van der Waals surface area contributed by atoms with E-state index in [1.165, 1.54) is 0 Å². The van der Waals surface area contributed by atoms with Crippen LogP contribution in [0.3, 0.4) is 0 Å². The molecule has 0 N–H and O–H groups in total. The average Bonchev–Trinajstić information content (AvgIpc) is 2.71. The van der Waals surface area contributed by atoms with Crippen LogP contribution in [0.1, 0.15) is 27.0 Å². The summed E-state index contributed by atoms with van der Waals surface area (Å²) in [5, 5.41) is 1.03. The highest BCUT2D eigenvalue weighted by molar-refractivity contribution is 6.36. The maximum Gasteiger partial charge on any atom is 0.184 e. The Kier molecular flexibility index (Phi) is 7.34. The molecule has 0 spiro atoms. The zero-order valence-electron chi connectivity index (χ0n) is 15.6. The van der Waals surface area contributed by atoms with Crippen LogP contribution in [0.15, 0.2) is 77.8 Å². The lowest BCUT2D eigenvalue weighted by atomic mass is 10.0. The van der Waals surface area contributed by atoms with Crippen molar-refractivity contribution in [3.63, 3.8) is 0 Å². The van der Waals surface area contributed by atoms with Gasteiger partial charge in [0.15, 0.2) is 5.78 Å². The van der Waals surface area contributed by atoms with Gasteiger partial charge in [-0.05, 0) is 23.3 Å². The van der Waals surface area contributed by atoms with Crippen molar-refractivity contribution in [3.05, 3.63) is 105 Å². The van der Waals surface area contributed by atoms with Gasteiger partial charge in [0, 0.05) is 35.2 Å². The molecule has 0 unspecified atom stereocenters. The topological polar surface area (TPSA) is 46.5 Å². The van der Waals surface area contributed by atoms with E-state index in [1.54, 1.807) is 36.5 Å². The second-order valence-electron chi connectivity index (χ2n) is 6.63. The summed E-state index contributed by atoms with van der Waals surface area (Å²) in [7, 11) is 0. The number of ketones is 2.